The van der Waals surface area contributed by atoms with Crippen molar-refractivity contribution in [3.8, 4) is 0 Å². The smallest absolute Gasteiger partial charge is 0.227 e. The zero-order valence-corrected chi connectivity index (χ0v) is 13.4. The summed E-state index contributed by atoms with van der Waals surface area (Å²) in [6.45, 7) is 2.26. The van der Waals surface area contributed by atoms with Crippen molar-refractivity contribution in [1.82, 2.24) is 5.32 Å². The van der Waals surface area contributed by atoms with E-state index < -0.39 is 5.41 Å². The Kier molecular flexibility index (Phi) is 4.94. The van der Waals surface area contributed by atoms with Crippen LogP contribution in [0.1, 0.15) is 18.4 Å². The van der Waals surface area contributed by atoms with Crippen molar-refractivity contribution >= 4 is 16.7 Å². The van der Waals surface area contributed by atoms with Gasteiger partial charge in [-0.05, 0) is 35.6 Å². The maximum atomic E-state index is 12.6. The highest BCUT2D eigenvalue weighted by Crippen LogP contribution is 2.29. The average molecular weight is 312 g/mol. The van der Waals surface area contributed by atoms with Gasteiger partial charge in [0.15, 0.2) is 0 Å². The molecule has 0 unspecified atom stereocenters. The van der Waals surface area contributed by atoms with E-state index in [1.165, 1.54) is 16.3 Å². The fourth-order valence-corrected chi connectivity index (χ4v) is 3.29. The number of hydrogen-bond acceptors (Lipinski definition) is 3. The third-order valence-electron chi connectivity index (χ3n) is 4.88. The number of benzene rings is 2. The minimum Gasteiger partial charge on any atom is -0.381 e. The van der Waals surface area contributed by atoms with Gasteiger partial charge in [0.25, 0.3) is 0 Å². The summed E-state index contributed by atoms with van der Waals surface area (Å²) in [6, 6.07) is 14.7. The Morgan fingerprint density at radius 3 is 2.65 bits per heavy atom. The largest absolute Gasteiger partial charge is 0.381 e. The van der Waals surface area contributed by atoms with Crippen molar-refractivity contribution in [2.24, 2.45) is 11.1 Å². The summed E-state index contributed by atoms with van der Waals surface area (Å²) in [6.07, 6.45) is 2.25. The Bertz CT molecular complexity index is 673. The number of hydrogen-bond donors (Lipinski definition) is 2. The van der Waals surface area contributed by atoms with Gasteiger partial charge in [-0.3, -0.25) is 4.79 Å². The van der Waals surface area contributed by atoms with Gasteiger partial charge in [-0.1, -0.05) is 42.5 Å². The Labute approximate surface area is 137 Å². The van der Waals surface area contributed by atoms with Crippen LogP contribution in [0.2, 0.25) is 0 Å². The number of amides is 1. The maximum Gasteiger partial charge on any atom is 0.227 e. The molecule has 23 heavy (non-hydrogen) atoms. The molecule has 1 aliphatic heterocycles. The first-order valence-electron chi connectivity index (χ1n) is 8.28. The molecule has 0 spiro atoms. The maximum absolute atomic E-state index is 12.6. The fraction of sp³-hybridized carbons (Fsp3) is 0.421. The molecule has 1 aliphatic rings. The van der Waals surface area contributed by atoms with E-state index in [0.717, 1.165) is 6.42 Å². The Morgan fingerprint density at radius 2 is 1.87 bits per heavy atom. The van der Waals surface area contributed by atoms with Crippen LogP contribution >= 0.6 is 0 Å². The molecule has 1 heterocycles. The molecular formula is C19H24N2O2. The number of nitrogens with two attached hydrogens (primary N) is 1. The first kappa shape index (κ1) is 16.0. The monoisotopic (exact) mass is 312 g/mol. The molecule has 0 atom stereocenters. The lowest BCUT2D eigenvalue weighted by atomic mass is 9.79. The SMILES string of the molecule is NCC1(C(=O)NCCc2cccc3ccccc23)CCOCC1. The van der Waals surface area contributed by atoms with Gasteiger partial charge in [0, 0.05) is 26.3 Å². The lowest BCUT2D eigenvalue weighted by Crippen LogP contribution is -2.49. The Balaban J connectivity index is 1.63. The van der Waals surface area contributed by atoms with Crippen LogP contribution < -0.4 is 11.1 Å². The van der Waals surface area contributed by atoms with Crippen LogP contribution in [0.25, 0.3) is 10.8 Å². The van der Waals surface area contributed by atoms with Crippen molar-refractivity contribution in [2.45, 2.75) is 19.3 Å². The number of carbonyl (C=O) groups excluding carboxylic acids is 1. The molecule has 2 aromatic rings. The molecule has 0 bridgehead atoms. The molecule has 0 aromatic heterocycles. The van der Waals surface area contributed by atoms with Crippen molar-refractivity contribution in [3.63, 3.8) is 0 Å². The van der Waals surface area contributed by atoms with Crippen molar-refractivity contribution in [1.29, 1.82) is 0 Å². The summed E-state index contributed by atoms with van der Waals surface area (Å²) in [5.74, 6) is 0.0727. The minimum atomic E-state index is -0.447. The second kappa shape index (κ2) is 7.11. The highest BCUT2D eigenvalue weighted by molar-refractivity contribution is 5.86. The first-order chi connectivity index (χ1) is 11.2. The van der Waals surface area contributed by atoms with E-state index in [0.29, 0.717) is 39.1 Å². The van der Waals surface area contributed by atoms with Gasteiger partial charge >= 0.3 is 0 Å². The van der Waals surface area contributed by atoms with E-state index in [9.17, 15) is 4.79 Å². The molecule has 0 radical (unpaired) electrons. The summed E-state index contributed by atoms with van der Waals surface area (Å²) in [4.78, 5) is 12.6. The normalized spacial score (nSPS) is 17.1. The molecule has 1 amide bonds. The van der Waals surface area contributed by atoms with Gasteiger partial charge in [-0.25, -0.2) is 0 Å². The summed E-state index contributed by atoms with van der Waals surface area (Å²) in [5.41, 5.74) is 6.69. The van der Waals surface area contributed by atoms with Crippen molar-refractivity contribution in [3.05, 3.63) is 48.0 Å². The van der Waals surface area contributed by atoms with Gasteiger partial charge < -0.3 is 15.8 Å². The zero-order valence-electron chi connectivity index (χ0n) is 13.4. The summed E-state index contributed by atoms with van der Waals surface area (Å²) in [5, 5.41) is 5.57. The van der Waals surface area contributed by atoms with Crippen LogP contribution in [-0.4, -0.2) is 32.2 Å². The average Bonchev–Trinajstić information content (AvgIpc) is 2.62. The Morgan fingerprint density at radius 1 is 1.13 bits per heavy atom. The summed E-state index contributed by atoms with van der Waals surface area (Å²) < 4.78 is 5.36. The highest BCUT2D eigenvalue weighted by Gasteiger charge is 2.38. The fourth-order valence-electron chi connectivity index (χ4n) is 3.29. The van der Waals surface area contributed by atoms with Gasteiger partial charge in [0.05, 0.1) is 5.41 Å². The van der Waals surface area contributed by atoms with Crippen molar-refractivity contribution < 1.29 is 9.53 Å². The Hall–Kier alpha value is -1.91. The number of ether oxygens (including phenoxy) is 1. The van der Waals surface area contributed by atoms with Gasteiger partial charge in [-0.15, -0.1) is 0 Å². The van der Waals surface area contributed by atoms with Gasteiger partial charge in [0.2, 0.25) is 5.91 Å². The number of nitrogens with one attached hydrogen (secondary N) is 1. The van der Waals surface area contributed by atoms with E-state index >= 15 is 0 Å². The standard InChI is InChI=1S/C19H24N2O2/c20-14-19(9-12-23-13-10-19)18(22)21-11-8-16-6-3-5-15-4-1-2-7-17(15)16/h1-7H,8-14,20H2,(H,21,22). The summed E-state index contributed by atoms with van der Waals surface area (Å²) >= 11 is 0. The molecule has 4 heteroatoms. The van der Waals surface area contributed by atoms with E-state index in [1.54, 1.807) is 0 Å². The molecule has 122 valence electrons. The quantitative estimate of drug-likeness (QED) is 0.890. The lowest BCUT2D eigenvalue weighted by Gasteiger charge is -2.34. The van der Waals surface area contributed by atoms with Gasteiger partial charge in [-0.2, -0.15) is 0 Å². The minimum absolute atomic E-state index is 0.0727. The van der Waals surface area contributed by atoms with E-state index in [1.807, 2.05) is 6.07 Å². The second-order valence-electron chi connectivity index (χ2n) is 6.24. The van der Waals surface area contributed by atoms with Crippen molar-refractivity contribution in [2.75, 3.05) is 26.3 Å². The van der Waals surface area contributed by atoms with E-state index in [-0.39, 0.29) is 5.91 Å². The molecule has 0 saturated carbocycles. The molecular weight excluding hydrogens is 288 g/mol. The predicted molar refractivity (Wildman–Crippen MR) is 92.2 cm³/mol. The lowest BCUT2D eigenvalue weighted by molar-refractivity contribution is -0.135. The molecule has 1 saturated heterocycles. The van der Waals surface area contributed by atoms with Crippen LogP contribution in [0, 0.1) is 5.41 Å². The van der Waals surface area contributed by atoms with Crippen LogP contribution in [0.3, 0.4) is 0 Å². The summed E-state index contributed by atoms with van der Waals surface area (Å²) in [7, 11) is 0. The van der Waals surface area contributed by atoms with Crippen LogP contribution in [-0.2, 0) is 16.0 Å². The van der Waals surface area contributed by atoms with Crippen LogP contribution in [0.4, 0.5) is 0 Å². The third kappa shape index (κ3) is 3.38. The molecule has 3 rings (SSSR count). The highest BCUT2D eigenvalue weighted by atomic mass is 16.5. The molecule has 4 nitrogen and oxygen atoms in total. The van der Waals surface area contributed by atoms with Crippen LogP contribution in [0.5, 0.6) is 0 Å². The molecule has 3 N–H and O–H groups in total. The topological polar surface area (TPSA) is 64.4 Å². The molecule has 0 aliphatic carbocycles. The number of carbonyl (C=O) groups is 1. The zero-order chi connectivity index (χ0) is 16.1. The molecule has 1 fully saturated rings. The second-order valence-corrected chi connectivity index (χ2v) is 6.24. The predicted octanol–water partition coefficient (Wildman–Crippen LogP) is 2.25. The number of rotatable bonds is 5. The van der Waals surface area contributed by atoms with Crippen LogP contribution in [0.15, 0.2) is 42.5 Å². The third-order valence-corrected chi connectivity index (χ3v) is 4.88. The van der Waals surface area contributed by atoms with E-state index in [4.69, 9.17) is 10.5 Å². The van der Waals surface area contributed by atoms with Gasteiger partial charge in [0.1, 0.15) is 0 Å². The molecule has 2 aromatic carbocycles. The first-order valence-corrected chi connectivity index (χ1v) is 8.28. The number of fused-ring (bicyclic) bond motifs is 1. The van der Waals surface area contributed by atoms with E-state index in [2.05, 4.69) is 41.7 Å².